The molecule has 0 aliphatic heterocycles. The standard InChI is InChI=1S/C17H23N3O2/c1-19(11-14-9-6-10-22-14)17(21)15-12-20(2)18-16(15)13-7-4-3-5-8-13/h6,9-10,12-13H,3-5,7-8,11H2,1-2H3. The lowest BCUT2D eigenvalue weighted by Gasteiger charge is -2.22. The maximum absolute atomic E-state index is 12.8. The van der Waals surface area contributed by atoms with E-state index in [1.807, 2.05) is 32.4 Å². The van der Waals surface area contributed by atoms with Gasteiger partial charge >= 0.3 is 0 Å². The van der Waals surface area contributed by atoms with E-state index in [2.05, 4.69) is 5.10 Å². The van der Waals surface area contributed by atoms with Gasteiger partial charge in [0.2, 0.25) is 0 Å². The van der Waals surface area contributed by atoms with E-state index in [0.29, 0.717) is 12.5 Å². The van der Waals surface area contributed by atoms with Crippen LogP contribution in [0.15, 0.2) is 29.0 Å². The van der Waals surface area contributed by atoms with Crippen molar-refractivity contribution in [1.82, 2.24) is 14.7 Å². The minimum absolute atomic E-state index is 0.0186. The highest BCUT2D eigenvalue weighted by molar-refractivity contribution is 5.95. The van der Waals surface area contributed by atoms with E-state index in [4.69, 9.17) is 4.42 Å². The molecule has 2 aromatic rings. The van der Waals surface area contributed by atoms with Gasteiger partial charge in [0.25, 0.3) is 5.91 Å². The third-order valence-electron chi connectivity index (χ3n) is 4.40. The third-order valence-corrected chi connectivity index (χ3v) is 4.40. The number of aromatic nitrogens is 2. The molecule has 2 heterocycles. The number of amides is 1. The van der Waals surface area contributed by atoms with Crippen LogP contribution < -0.4 is 0 Å². The minimum Gasteiger partial charge on any atom is -0.467 e. The van der Waals surface area contributed by atoms with Crippen molar-refractivity contribution in [1.29, 1.82) is 0 Å². The van der Waals surface area contributed by atoms with Crippen molar-refractivity contribution in [2.45, 2.75) is 44.6 Å². The number of hydrogen-bond donors (Lipinski definition) is 0. The summed E-state index contributed by atoms with van der Waals surface area (Å²) in [7, 11) is 3.69. The average Bonchev–Trinajstić information content (AvgIpc) is 3.17. The topological polar surface area (TPSA) is 51.3 Å². The summed E-state index contributed by atoms with van der Waals surface area (Å²) in [6.07, 6.45) is 9.52. The molecule has 1 fully saturated rings. The molecule has 0 unspecified atom stereocenters. The number of nitrogens with zero attached hydrogens (tertiary/aromatic N) is 3. The molecule has 3 rings (SSSR count). The van der Waals surface area contributed by atoms with E-state index < -0.39 is 0 Å². The van der Waals surface area contributed by atoms with Gasteiger partial charge in [-0.15, -0.1) is 0 Å². The normalized spacial score (nSPS) is 15.9. The summed E-state index contributed by atoms with van der Waals surface area (Å²) < 4.78 is 7.09. The number of hydrogen-bond acceptors (Lipinski definition) is 3. The number of carbonyl (C=O) groups is 1. The summed E-state index contributed by atoms with van der Waals surface area (Å²) in [5, 5.41) is 4.58. The smallest absolute Gasteiger partial charge is 0.257 e. The Kier molecular flexibility index (Phi) is 4.32. The molecule has 1 aliphatic rings. The average molecular weight is 301 g/mol. The number of rotatable bonds is 4. The highest BCUT2D eigenvalue weighted by Crippen LogP contribution is 2.33. The molecule has 5 heteroatoms. The van der Waals surface area contributed by atoms with Crippen LogP contribution in [0, 0.1) is 0 Å². The minimum atomic E-state index is 0.0186. The Bertz CT molecular complexity index is 624. The lowest BCUT2D eigenvalue weighted by Crippen LogP contribution is -2.27. The monoisotopic (exact) mass is 301 g/mol. The summed E-state index contributed by atoms with van der Waals surface area (Å²) in [5.41, 5.74) is 1.71. The molecule has 0 saturated heterocycles. The highest BCUT2D eigenvalue weighted by atomic mass is 16.3. The van der Waals surface area contributed by atoms with E-state index >= 15 is 0 Å². The predicted molar refractivity (Wildman–Crippen MR) is 83.5 cm³/mol. The van der Waals surface area contributed by atoms with Crippen molar-refractivity contribution in [3.63, 3.8) is 0 Å². The largest absolute Gasteiger partial charge is 0.467 e. The van der Waals surface area contributed by atoms with E-state index in [1.54, 1.807) is 15.8 Å². The molecular weight excluding hydrogens is 278 g/mol. The Morgan fingerprint density at radius 2 is 2.18 bits per heavy atom. The van der Waals surface area contributed by atoms with Crippen LogP contribution >= 0.6 is 0 Å². The number of aryl methyl sites for hydroxylation is 1. The molecule has 0 atom stereocenters. The quantitative estimate of drug-likeness (QED) is 0.870. The second-order valence-corrected chi connectivity index (χ2v) is 6.18. The molecule has 1 saturated carbocycles. The van der Waals surface area contributed by atoms with E-state index in [0.717, 1.165) is 29.9 Å². The van der Waals surface area contributed by atoms with Gasteiger partial charge in [0.1, 0.15) is 5.76 Å². The molecule has 22 heavy (non-hydrogen) atoms. The van der Waals surface area contributed by atoms with Crippen molar-refractivity contribution in [3.8, 4) is 0 Å². The fraction of sp³-hybridized carbons (Fsp3) is 0.529. The van der Waals surface area contributed by atoms with Crippen molar-refractivity contribution in [2.75, 3.05) is 7.05 Å². The van der Waals surface area contributed by atoms with Gasteiger partial charge in [0, 0.05) is 26.2 Å². The van der Waals surface area contributed by atoms with Crippen LogP contribution in [0.4, 0.5) is 0 Å². The summed E-state index contributed by atoms with van der Waals surface area (Å²) >= 11 is 0. The van der Waals surface area contributed by atoms with Gasteiger partial charge in [-0.05, 0) is 25.0 Å². The van der Waals surface area contributed by atoms with Crippen LogP contribution in [0.5, 0.6) is 0 Å². The van der Waals surface area contributed by atoms with Crippen LogP contribution in [0.25, 0.3) is 0 Å². The molecule has 0 N–H and O–H groups in total. The van der Waals surface area contributed by atoms with E-state index in [9.17, 15) is 4.79 Å². The lowest BCUT2D eigenvalue weighted by molar-refractivity contribution is 0.0773. The number of carbonyl (C=O) groups excluding carboxylic acids is 1. The summed E-state index contributed by atoms with van der Waals surface area (Å²) in [4.78, 5) is 14.5. The van der Waals surface area contributed by atoms with Gasteiger partial charge < -0.3 is 9.32 Å². The van der Waals surface area contributed by atoms with Crippen LogP contribution in [-0.4, -0.2) is 27.6 Å². The molecule has 2 aromatic heterocycles. The maximum atomic E-state index is 12.8. The predicted octanol–water partition coefficient (Wildman–Crippen LogP) is 3.33. The first-order valence-corrected chi connectivity index (χ1v) is 7.96. The molecule has 0 bridgehead atoms. The zero-order valence-corrected chi connectivity index (χ0v) is 13.3. The van der Waals surface area contributed by atoms with Crippen molar-refractivity contribution in [2.24, 2.45) is 7.05 Å². The van der Waals surface area contributed by atoms with Gasteiger partial charge in [-0.3, -0.25) is 9.48 Å². The Hall–Kier alpha value is -2.04. The Morgan fingerprint density at radius 3 is 2.86 bits per heavy atom. The Balaban J connectivity index is 1.79. The second-order valence-electron chi connectivity index (χ2n) is 6.18. The molecular formula is C17H23N3O2. The lowest BCUT2D eigenvalue weighted by atomic mass is 9.85. The fourth-order valence-electron chi connectivity index (χ4n) is 3.26. The van der Waals surface area contributed by atoms with Gasteiger partial charge in [0.05, 0.1) is 24.1 Å². The molecule has 0 radical (unpaired) electrons. The first kappa shape index (κ1) is 14.9. The second kappa shape index (κ2) is 6.38. The van der Waals surface area contributed by atoms with E-state index in [-0.39, 0.29) is 5.91 Å². The van der Waals surface area contributed by atoms with E-state index in [1.165, 1.54) is 19.3 Å². The maximum Gasteiger partial charge on any atom is 0.257 e. The van der Waals surface area contributed by atoms with Crippen LogP contribution in [0.1, 0.15) is 59.8 Å². The number of furan rings is 1. The van der Waals surface area contributed by atoms with Crippen molar-refractivity contribution in [3.05, 3.63) is 41.6 Å². The van der Waals surface area contributed by atoms with Gasteiger partial charge in [-0.1, -0.05) is 19.3 Å². The van der Waals surface area contributed by atoms with Crippen LogP contribution in [0.2, 0.25) is 0 Å². The van der Waals surface area contributed by atoms with Crippen LogP contribution in [0.3, 0.4) is 0 Å². The molecule has 1 amide bonds. The fourth-order valence-corrected chi connectivity index (χ4v) is 3.26. The Morgan fingerprint density at radius 1 is 1.41 bits per heavy atom. The molecule has 118 valence electrons. The first-order valence-electron chi connectivity index (χ1n) is 7.96. The summed E-state index contributed by atoms with van der Waals surface area (Å²) in [5.74, 6) is 1.23. The van der Waals surface area contributed by atoms with Gasteiger partial charge in [-0.2, -0.15) is 5.10 Å². The van der Waals surface area contributed by atoms with Crippen LogP contribution in [-0.2, 0) is 13.6 Å². The third kappa shape index (κ3) is 3.08. The SMILES string of the molecule is CN(Cc1ccco1)C(=O)c1cn(C)nc1C1CCCCC1. The zero-order valence-electron chi connectivity index (χ0n) is 13.3. The molecule has 1 aliphatic carbocycles. The van der Waals surface area contributed by atoms with Gasteiger partial charge in [0.15, 0.2) is 0 Å². The summed E-state index contributed by atoms with van der Waals surface area (Å²) in [6, 6.07) is 3.72. The molecule has 0 aromatic carbocycles. The molecule has 5 nitrogen and oxygen atoms in total. The van der Waals surface area contributed by atoms with Crippen molar-refractivity contribution < 1.29 is 9.21 Å². The molecule has 0 spiro atoms. The highest BCUT2D eigenvalue weighted by Gasteiger charge is 2.26. The summed E-state index contributed by atoms with van der Waals surface area (Å²) in [6.45, 7) is 0.477. The first-order chi connectivity index (χ1) is 10.6. The van der Waals surface area contributed by atoms with Gasteiger partial charge in [-0.25, -0.2) is 0 Å². The van der Waals surface area contributed by atoms with Crippen molar-refractivity contribution >= 4 is 5.91 Å². The Labute approximate surface area is 130 Å². The zero-order chi connectivity index (χ0) is 15.5.